The predicted octanol–water partition coefficient (Wildman–Crippen LogP) is 1.83. The predicted molar refractivity (Wildman–Crippen MR) is 95.1 cm³/mol. The molecule has 0 aliphatic rings. The lowest BCUT2D eigenvalue weighted by molar-refractivity contribution is -0.870. The zero-order chi connectivity index (χ0) is 15.8. The van der Waals surface area contributed by atoms with Crippen molar-refractivity contribution >= 4 is 28.5 Å². The third-order valence-corrected chi connectivity index (χ3v) is 3.71. The van der Waals surface area contributed by atoms with Gasteiger partial charge in [0.25, 0.3) is 0 Å². The molecule has 0 aromatic heterocycles. The highest BCUT2D eigenvalue weighted by molar-refractivity contribution is 14.1. The number of hydrogen-bond acceptors (Lipinski definition) is 1. The Labute approximate surface area is 139 Å². The van der Waals surface area contributed by atoms with Gasteiger partial charge in [-0.05, 0) is 0 Å². The first kappa shape index (κ1) is 20.1. The molecular formula is C15H34IN3O+2. The van der Waals surface area contributed by atoms with Gasteiger partial charge in [0.15, 0.2) is 0 Å². The second kappa shape index (κ2) is 9.20. The van der Waals surface area contributed by atoms with Crippen LogP contribution in [0.4, 0.5) is 0 Å². The SMILES string of the molecule is C[N+](C)(C)CCCN(CCC[N+](C)(C)C)C(=O)CCI. The first-order valence-electron chi connectivity index (χ1n) is 7.50. The van der Waals surface area contributed by atoms with E-state index < -0.39 is 0 Å². The van der Waals surface area contributed by atoms with Crippen LogP contribution in [0.2, 0.25) is 0 Å². The van der Waals surface area contributed by atoms with Gasteiger partial charge in [-0.3, -0.25) is 4.79 Å². The molecule has 0 aliphatic carbocycles. The molecule has 0 saturated heterocycles. The second-order valence-electron chi connectivity index (χ2n) is 7.55. The molecule has 4 nitrogen and oxygen atoms in total. The minimum atomic E-state index is 0.321. The van der Waals surface area contributed by atoms with Crippen molar-refractivity contribution in [3.63, 3.8) is 0 Å². The van der Waals surface area contributed by atoms with Crippen LogP contribution in [0.1, 0.15) is 19.3 Å². The van der Waals surface area contributed by atoms with Crippen molar-refractivity contribution in [1.29, 1.82) is 0 Å². The molecule has 0 atom stereocenters. The van der Waals surface area contributed by atoms with E-state index in [-0.39, 0.29) is 0 Å². The van der Waals surface area contributed by atoms with Crippen molar-refractivity contribution in [2.45, 2.75) is 19.3 Å². The van der Waals surface area contributed by atoms with Crippen LogP contribution in [-0.2, 0) is 4.79 Å². The maximum Gasteiger partial charge on any atom is 0.223 e. The molecule has 0 N–H and O–H groups in total. The van der Waals surface area contributed by atoms with Crippen LogP contribution in [0.15, 0.2) is 0 Å². The van der Waals surface area contributed by atoms with Gasteiger partial charge >= 0.3 is 0 Å². The van der Waals surface area contributed by atoms with Crippen molar-refractivity contribution in [2.24, 2.45) is 0 Å². The molecular weight excluding hydrogens is 365 g/mol. The van der Waals surface area contributed by atoms with Crippen LogP contribution in [0.3, 0.4) is 0 Å². The van der Waals surface area contributed by atoms with Crippen molar-refractivity contribution in [3.8, 4) is 0 Å². The van der Waals surface area contributed by atoms with Crippen LogP contribution >= 0.6 is 22.6 Å². The number of carbonyl (C=O) groups excluding carboxylic acids is 1. The molecule has 0 saturated carbocycles. The maximum absolute atomic E-state index is 12.2. The minimum Gasteiger partial charge on any atom is -0.342 e. The highest BCUT2D eigenvalue weighted by Crippen LogP contribution is 2.04. The van der Waals surface area contributed by atoms with Gasteiger partial charge in [0.2, 0.25) is 5.91 Å². The Hall–Kier alpha value is 0.120. The average Bonchev–Trinajstić information content (AvgIpc) is 2.24. The molecule has 0 rings (SSSR count). The smallest absolute Gasteiger partial charge is 0.223 e. The van der Waals surface area contributed by atoms with Crippen LogP contribution in [0.25, 0.3) is 0 Å². The largest absolute Gasteiger partial charge is 0.342 e. The van der Waals surface area contributed by atoms with Crippen molar-refractivity contribution in [1.82, 2.24) is 4.90 Å². The lowest BCUT2D eigenvalue weighted by atomic mass is 10.2. The molecule has 1 amide bonds. The monoisotopic (exact) mass is 399 g/mol. The van der Waals surface area contributed by atoms with E-state index in [1.165, 1.54) is 0 Å². The molecule has 0 radical (unpaired) electrons. The molecule has 20 heavy (non-hydrogen) atoms. The first-order chi connectivity index (χ1) is 9.05. The number of quaternary nitrogens is 2. The minimum absolute atomic E-state index is 0.321. The lowest BCUT2D eigenvalue weighted by Crippen LogP contribution is -2.41. The highest BCUT2D eigenvalue weighted by Gasteiger charge is 2.16. The summed E-state index contributed by atoms with van der Waals surface area (Å²) < 4.78 is 2.85. The number of halogens is 1. The molecule has 0 aliphatic heterocycles. The molecule has 0 aromatic carbocycles. The summed E-state index contributed by atoms with van der Waals surface area (Å²) in [5.74, 6) is 0.321. The van der Waals surface area contributed by atoms with E-state index in [4.69, 9.17) is 0 Å². The van der Waals surface area contributed by atoms with E-state index in [0.29, 0.717) is 12.3 Å². The van der Waals surface area contributed by atoms with Crippen molar-refractivity contribution in [2.75, 3.05) is 72.9 Å². The Balaban J connectivity index is 4.24. The van der Waals surface area contributed by atoms with Gasteiger partial charge in [0, 0.05) is 36.8 Å². The molecule has 0 spiro atoms. The number of hydrogen-bond donors (Lipinski definition) is 0. The normalized spacial score (nSPS) is 12.6. The van der Waals surface area contributed by atoms with Crippen LogP contribution in [-0.4, -0.2) is 92.7 Å². The Morgan fingerprint density at radius 1 is 0.900 bits per heavy atom. The third-order valence-electron chi connectivity index (χ3n) is 3.17. The quantitative estimate of drug-likeness (QED) is 0.312. The van der Waals surface area contributed by atoms with Crippen LogP contribution in [0.5, 0.6) is 0 Å². The van der Waals surface area contributed by atoms with E-state index in [2.05, 4.69) is 69.8 Å². The summed E-state index contributed by atoms with van der Waals surface area (Å²) in [5.41, 5.74) is 0. The average molecular weight is 399 g/mol. The standard InChI is InChI=1S/C15H34IN3O/c1-18(2,3)13-7-11-17(15(20)9-10-16)12-8-14-19(4,5)6/h7-14H2,1-6H3/q+2. The number of nitrogens with zero attached hydrogens (tertiary/aromatic N) is 3. The van der Waals surface area contributed by atoms with Crippen LogP contribution < -0.4 is 0 Å². The van der Waals surface area contributed by atoms with Gasteiger partial charge in [-0.25, -0.2) is 0 Å². The zero-order valence-corrected chi connectivity index (χ0v) is 16.4. The number of rotatable bonds is 10. The molecule has 0 heterocycles. The Kier molecular flexibility index (Phi) is 9.26. The third kappa shape index (κ3) is 11.9. The topological polar surface area (TPSA) is 20.3 Å². The van der Waals surface area contributed by atoms with E-state index in [0.717, 1.165) is 52.4 Å². The van der Waals surface area contributed by atoms with Crippen LogP contribution in [0, 0.1) is 0 Å². The first-order valence-corrected chi connectivity index (χ1v) is 9.02. The summed E-state index contributed by atoms with van der Waals surface area (Å²) >= 11 is 2.28. The summed E-state index contributed by atoms with van der Waals surface area (Å²) in [4.78, 5) is 14.2. The maximum atomic E-state index is 12.2. The molecule has 0 aromatic rings. The molecule has 120 valence electrons. The summed E-state index contributed by atoms with van der Waals surface area (Å²) in [6.07, 6.45) is 2.84. The second-order valence-corrected chi connectivity index (χ2v) is 8.63. The van der Waals surface area contributed by atoms with Gasteiger partial charge < -0.3 is 13.9 Å². The van der Waals surface area contributed by atoms with E-state index in [1.807, 2.05) is 0 Å². The fourth-order valence-corrected chi connectivity index (χ4v) is 2.53. The molecule has 5 heteroatoms. The van der Waals surface area contributed by atoms with E-state index >= 15 is 0 Å². The Morgan fingerprint density at radius 3 is 1.60 bits per heavy atom. The summed E-state index contributed by atoms with van der Waals surface area (Å²) in [5, 5.41) is 0. The van der Waals surface area contributed by atoms with Gasteiger partial charge in [-0.2, -0.15) is 0 Å². The van der Waals surface area contributed by atoms with Crippen molar-refractivity contribution in [3.05, 3.63) is 0 Å². The van der Waals surface area contributed by atoms with Gasteiger partial charge in [0.1, 0.15) is 0 Å². The summed E-state index contributed by atoms with van der Waals surface area (Å²) in [7, 11) is 13.2. The van der Waals surface area contributed by atoms with Gasteiger partial charge in [0.05, 0.1) is 55.4 Å². The number of amides is 1. The van der Waals surface area contributed by atoms with E-state index in [1.54, 1.807) is 0 Å². The highest BCUT2D eigenvalue weighted by atomic mass is 127. The van der Waals surface area contributed by atoms with Gasteiger partial charge in [-0.1, -0.05) is 22.6 Å². The number of alkyl halides is 1. The fraction of sp³-hybridized carbons (Fsp3) is 0.933. The van der Waals surface area contributed by atoms with E-state index in [9.17, 15) is 4.79 Å². The van der Waals surface area contributed by atoms with Crippen molar-refractivity contribution < 1.29 is 13.8 Å². The molecule has 0 unspecified atom stereocenters. The summed E-state index contributed by atoms with van der Waals surface area (Å²) in [6.45, 7) is 4.04. The zero-order valence-electron chi connectivity index (χ0n) is 14.3. The van der Waals surface area contributed by atoms with Gasteiger partial charge in [-0.15, -0.1) is 0 Å². The summed E-state index contributed by atoms with van der Waals surface area (Å²) in [6, 6.07) is 0. The molecule has 0 bridgehead atoms. The molecule has 0 fully saturated rings. The number of carbonyl (C=O) groups is 1. The Bertz CT molecular complexity index is 262. The Morgan fingerprint density at radius 2 is 1.30 bits per heavy atom. The lowest BCUT2D eigenvalue weighted by Gasteiger charge is -2.29. The fourth-order valence-electron chi connectivity index (χ4n) is 2.07.